The van der Waals surface area contributed by atoms with E-state index in [2.05, 4.69) is 14.8 Å². The summed E-state index contributed by atoms with van der Waals surface area (Å²) < 4.78 is 30.0. The molecule has 8 heteroatoms. The van der Waals surface area contributed by atoms with Crippen molar-refractivity contribution in [1.82, 2.24) is 19.5 Å². The summed E-state index contributed by atoms with van der Waals surface area (Å²) in [5.74, 6) is 1.50. The molecule has 6 nitrogen and oxygen atoms in total. The van der Waals surface area contributed by atoms with Gasteiger partial charge in [0, 0.05) is 22.7 Å². The topological polar surface area (TPSA) is 76.9 Å². The summed E-state index contributed by atoms with van der Waals surface area (Å²) in [6.07, 6.45) is 2.40. The van der Waals surface area contributed by atoms with Crippen LogP contribution in [0.3, 0.4) is 0 Å². The molecule has 120 valence electrons. The molecule has 3 rings (SSSR count). The second kappa shape index (κ2) is 5.75. The Hall–Kier alpha value is -1.25. The quantitative estimate of drug-likeness (QED) is 0.927. The first-order valence-electron chi connectivity index (χ1n) is 7.43. The Labute approximate surface area is 134 Å². The Morgan fingerprint density at radius 1 is 1.45 bits per heavy atom. The Morgan fingerprint density at radius 2 is 2.23 bits per heavy atom. The van der Waals surface area contributed by atoms with Crippen LogP contribution in [0.4, 0.5) is 0 Å². The standard InChI is InChI=1S/C14H20N4O2S2/c1-4-13-15-14-11(6-5-7-18(14)16-13)17-22(19,20)12-8-9(2)21-10(12)3/h8,11,17H,4-7H2,1-3H3. The van der Waals surface area contributed by atoms with Gasteiger partial charge in [0.05, 0.1) is 10.9 Å². The number of sulfonamides is 1. The van der Waals surface area contributed by atoms with E-state index in [0.717, 1.165) is 47.2 Å². The minimum atomic E-state index is -3.53. The van der Waals surface area contributed by atoms with E-state index >= 15 is 0 Å². The molecule has 0 fully saturated rings. The van der Waals surface area contributed by atoms with Gasteiger partial charge < -0.3 is 0 Å². The fourth-order valence-corrected chi connectivity index (χ4v) is 5.57. The van der Waals surface area contributed by atoms with Gasteiger partial charge in [-0.05, 0) is 32.8 Å². The van der Waals surface area contributed by atoms with Crippen molar-refractivity contribution in [2.24, 2.45) is 0 Å². The van der Waals surface area contributed by atoms with E-state index in [1.807, 2.05) is 25.5 Å². The third-order valence-electron chi connectivity index (χ3n) is 3.82. The average Bonchev–Trinajstić information content (AvgIpc) is 3.02. The Bertz CT molecular complexity index is 792. The Kier molecular flexibility index (Phi) is 4.09. The van der Waals surface area contributed by atoms with Crippen molar-refractivity contribution in [3.8, 4) is 0 Å². The van der Waals surface area contributed by atoms with Crippen LogP contribution in [0.15, 0.2) is 11.0 Å². The molecule has 3 heterocycles. The van der Waals surface area contributed by atoms with Crippen LogP contribution in [-0.4, -0.2) is 23.2 Å². The highest BCUT2D eigenvalue weighted by molar-refractivity contribution is 7.89. The Balaban J connectivity index is 1.91. The molecule has 0 saturated carbocycles. The van der Waals surface area contributed by atoms with E-state index in [4.69, 9.17) is 0 Å². The normalized spacial score (nSPS) is 18.4. The maximum Gasteiger partial charge on any atom is 0.242 e. The maximum absolute atomic E-state index is 12.7. The summed E-state index contributed by atoms with van der Waals surface area (Å²) in [5.41, 5.74) is 0. The first-order valence-corrected chi connectivity index (χ1v) is 9.73. The first kappa shape index (κ1) is 15.6. The SMILES string of the molecule is CCc1nc2n(n1)CCCC2NS(=O)(=O)c1cc(C)sc1C. The molecule has 2 aromatic rings. The molecule has 0 bridgehead atoms. The second-order valence-corrected chi connectivity index (χ2v) is 8.70. The fraction of sp³-hybridized carbons (Fsp3) is 0.571. The lowest BCUT2D eigenvalue weighted by Gasteiger charge is -2.22. The molecule has 0 saturated heterocycles. The van der Waals surface area contributed by atoms with E-state index in [0.29, 0.717) is 4.90 Å². The Morgan fingerprint density at radius 3 is 2.86 bits per heavy atom. The van der Waals surface area contributed by atoms with Gasteiger partial charge in [0.1, 0.15) is 5.82 Å². The lowest BCUT2D eigenvalue weighted by molar-refractivity contribution is 0.399. The van der Waals surface area contributed by atoms with Crippen LogP contribution in [0, 0.1) is 13.8 Å². The average molecular weight is 340 g/mol. The fourth-order valence-electron chi connectivity index (χ4n) is 2.79. The summed E-state index contributed by atoms with van der Waals surface area (Å²) in [6.45, 7) is 6.56. The number of nitrogens with one attached hydrogen (secondary N) is 1. The maximum atomic E-state index is 12.7. The van der Waals surface area contributed by atoms with Crippen molar-refractivity contribution < 1.29 is 8.42 Å². The molecule has 2 aromatic heterocycles. The van der Waals surface area contributed by atoms with E-state index in [-0.39, 0.29) is 6.04 Å². The first-order chi connectivity index (χ1) is 10.4. The zero-order valence-corrected chi connectivity index (χ0v) is 14.6. The summed E-state index contributed by atoms with van der Waals surface area (Å²) in [6, 6.07) is 1.43. The van der Waals surface area contributed by atoms with E-state index in [1.165, 1.54) is 11.3 Å². The van der Waals surface area contributed by atoms with Crippen LogP contribution in [0.25, 0.3) is 0 Å². The number of aromatic nitrogens is 3. The van der Waals surface area contributed by atoms with Crippen molar-refractivity contribution in [1.29, 1.82) is 0 Å². The molecule has 1 atom stereocenters. The molecular formula is C14H20N4O2S2. The van der Waals surface area contributed by atoms with E-state index < -0.39 is 10.0 Å². The molecule has 0 amide bonds. The third kappa shape index (κ3) is 2.82. The van der Waals surface area contributed by atoms with Gasteiger partial charge in [-0.15, -0.1) is 11.3 Å². The van der Waals surface area contributed by atoms with Crippen molar-refractivity contribution in [3.63, 3.8) is 0 Å². The minimum absolute atomic E-state index is 0.300. The smallest absolute Gasteiger partial charge is 0.242 e. The van der Waals surface area contributed by atoms with Gasteiger partial charge >= 0.3 is 0 Å². The summed E-state index contributed by atoms with van der Waals surface area (Å²) in [5, 5.41) is 4.42. The highest BCUT2D eigenvalue weighted by Gasteiger charge is 2.29. The van der Waals surface area contributed by atoms with Crippen LogP contribution < -0.4 is 4.72 Å². The number of rotatable bonds is 4. The highest BCUT2D eigenvalue weighted by atomic mass is 32.2. The van der Waals surface area contributed by atoms with Crippen LogP contribution in [0.5, 0.6) is 0 Å². The lowest BCUT2D eigenvalue weighted by atomic mass is 10.1. The summed E-state index contributed by atoms with van der Waals surface area (Å²) in [7, 11) is -3.53. The molecular weight excluding hydrogens is 320 g/mol. The zero-order chi connectivity index (χ0) is 15.9. The van der Waals surface area contributed by atoms with Crippen LogP contribution in [0.2, 0.25) is 0 Å². The molecule has 1 N–H and O–H groups in total. The number of thiophene rings is 1. The summed E-state index contributed by atoms with van der Waals surface area (Å²) >= 11 is 1.50. The molecule has 0 spiro atoms. The predicted octanol–water partition coefficient (Wildman–Crippen LogP) is 2.33. The van der Waals surface area contributed by atoms with Gasteiger partial charge in [-0.2, -0.15) is 5.10 Å². The predicted molar refractivity (Wildman–Crippen MR) is 85.5 cm³/mol. The van der Waals surface area contributed by atoms with Gasteiger partial charge in [0.2, 0.25) is 10.0 Å². The molecule has 1 aliphatic rings. The molecule has 0 aromatic carbocycles. The van der Waals surface area contributed by atoms with Gasteiger partial charge in [0.25, 0.3) is 0 Å². The number of fused-ring (bicyclic) bond motifs is 1. The van der Waals surface area contributed by atoms with Gasteiger partial charge in [0.15, 0.2) is 5.82 Å². The highest BCUT2D eigenvalue weighted by Crippen LogP contribution is 2.29. The third-order valence-corrected chi connectivity index (χ3v) is 6.51. The van der Waals surface area contributed by atoms with E-state index in [1.54, 1.807) is 6.07 Å². The lowest BCUT2D eigenvalue weighted by Crippen LogP contribution is -2.33. The zero-order valence-electron chi connectivity index (χ0n) is 13.0. The van der Waals surface area contributed by atoms with E-state index in [9.17, 15) is 8.42 Å². The minimum Gasteiger partial charge on any atom is -0.248 e. The van der Waals surface area contributed by atoms with Crippen LogP contribution >= 0.6 is 11.3 Å². The van der Waals surface area contributed by atoms with Crippen molar-refractivity contribution in [2.75, 3.05) is 0 Å². The van der Waals surface area contributed by atoms with Crippen molar-refractivity contribution in [3.05, 3.63) is 27.5 Å². The second-order valence-electron chi connectivity index (χ2n) is 5.56. The molecule has 1 aliphatic heterocycles. The number of hydrogen-bond acceptors (Lipinski definition) is 5. The van der Waals surface area contributed by atoms with Crippen molar-refractivity contribution >= 4 is 21.4 Å². The largest absolute Gasteiger partial charge is 0.248 e. The summed E-state index contributed by atoms with van der Waals surface area (Å²) in [4.78, 5) is 6.68. The van der Waals surface area contributed by atoms with Crippen LogP contribution in [-0.2, 0) is 23.0 Å². The molecule has 0 aliphatic carbocycles. The molecule has 22 heavy (non-hydrogen) atoms. The number of hydrogen-bond donors (Lipinski definition) is 1. The number of aryl methyl sites for hydroxylation is 4. The van der Waals surface area contributed by atoms with Gasteiger partial charge in [-0.25, -0.2) is 22.8 Å². The monoisotopic (exact) mass is 340 g/mol. The molecule has 0 radical (unpaired) electrons. The van der Waals surface area contributed by atoms with Crippen molar-refractivity contribution in [2.45, 2.75) is 57.5 Å². The van der Waals surface area contributed by atoms with Gasteiger partial charge in [-0.1, -0.05) is 6.92 Å². The van der Waals surface area contributed by atoms with Crippen LogP contribution in [0.1, 0.15) is 47.2 Å². The molecule has 1 unspecified atom stereocenters. The number of nitrogens with zero attached hydrogens (tertiary/aromatic N) is 3. The van der Waals surface area contributed by atoms with Gasteiger partial charge in [-0.3, -0.25) is 0 Å².